The largest absolute Gasteiger partial charge is 0.480 e. The number of carboxylic acid groups (broad SMARTS) is 1. The molecule has 2 amide bonds. The van der Waals surface area contributed by atoms with Crippen molar-refractivity contribution in [1.29, 1.82) is 0 Å². The quantitative estimate of drug-likeness (QED) is 0.651. The number of nitrogens with one attached hydrogen (secondary N) is 2. The molecular weight excluding hydrogens is 212 g/mol. The van der Waals surface area contributed by atoms with Crippen LogP contribution in [-0.2, 0) is 9.53 Å². The fourth-order valence-corrected chi connectivity index (χ4v) is 1.61. The van der Waals surface area contributed by atoms with Gasteiger partial charge in [-0.3, -0.25) is 4.79 Å². The number of amides is 2. The molecular formula is C10H18N2O4. The summed E-state index contributed by atoms with van der Waals surface area (Å²) in [4.78, 5) is 21.9. The first kappa shape index (κ1) is 12.8. The molecule has 0 aromatic heterocycles. The second-order valence-electron chi connectivity index (χ2n) is 4.08. The summed E-state index contributed by atoms with van der Waals surface area (Å²) < 4.78 is 5.34. The molecule has 0 radical (unpaired) electrons. The van der Waals surface area contributed by atoms with Gasteiger partial charge in [-0.2, -0.15) is 0 Å². The minimum Gasteiger partial charge on any atom is -0.480 e. The summed E-state index contributed by atoms with van der Waals surface area (Å²) in [5.74, 6) is -1.05. The highest BCUT2D eigenvalue weighted by molar-refractivity contribution is 5.82. The van der Waals surface area contributed by atoms with E-state index in [1.807, 2.05) is 6.92 Å². The van der Waals surface area contributed by atoms with Crippen LogP contribution in [0.5, 0.6) is 0 Å². The van der Waals surface area contributed by atoms with Crippen LogP contribution < -0.4 is 10.6 Å². The van der Waals surface area contributed by atoms with Crippen LogP contribution in [0.1, 0.15) is 26.7 Å². The van der Waals surface area contributed by atoms with Crippen LogP contribution in [0, 0.1) is 0 Å². The van der Waals surface area contributed by atoms with Crippen LogP contribution in [0.3, 0.4) is 0 Å². The van der Waals surface area contributed by atoms with Crippen molar-refractivity contribution >= 4 is 12.0 Å². The molecule has 3 N–H and O–H groups in total. The van der Waals surface area contributed by atoms with Crippen molar-refractivity contribution in [2.24, 2.45) is 0 Å². The number of urea groups is 1. The summed E-state index contributed by atoms with van der Waals surface area (Å²) in [7, 11) is 0. The van der Waals surface area contributed by atoms with E-state index in [9.17, 15) is 9.59 Å². The molecule has 16 heavy (non-hydrogen) atoms. The van der Waals surface area contributed by atoms with Crippen molar-refractivity contribution in [3.63, 3.8) is 0 Å². The summed E-state index contributed by atoms with van der Waals surface area (Å²) in [5.41, 5.74) is 0. The lowest BCUT2D eigenvalue weighted by atomic mass is 10.0. The minimum absolute atomic E-state index is 0.0599. The molecule has 0 aromatic rings. The second-order valence-corrected chi connectivity index (χ2v) is 4.08. The standard InChI is InChI=1S/C10H18N2O4/c1-6-5-8(3-4-16-6)12-10(15)11-7(2)9(13)14/h6-8H,3-5H2,1-2H3,(H,13,14)(H2,11,12,15)/t6?,7-,8?/m0/s1. The first-order chi connectivity index (χ1) is 7.49. The lowest BCUT2D eigenvalue weighted by molar-refractivity contribution is -0.138. The van der Waals surface area contributed by atoms with Gasteiger partial charge in [0.2, 0.25) is 0 Å². The van der Waals surface area contributed by atoms with E-state index in [4.69, 9.17) is 9.84 Å². The van der Waals surface area contributed by atoms with E-state index < -0.39 is 18.0 Å². The van der Waals surface area contributed by atoms with Crippen LogP contribution in [0.2, 0.25) is 0 Å². The normalized spacial score (nSPS) is 26.9. The lowest BCUT2D eigenvalue weighted by Crippen LogP contribution is -2.49. The van der Waals surface area contributed by atoms with Crippen LogP contribution in [0.25, 0.3) is 0 Å². The van der Waals surface area contributed by atoms with Gasteiger partial charge in [0.25, 0.3) is 0 Å². The molecule has 1 aliphatic rings. The molecule has 1 rings (SSSR count). The molecule has 0 bridgehead atoms. The zero-order valence-electron chi connectivity index (χ0n) is 9.53. The van der Waals surface area contributed by atoms with E-state index >= 15 is 0 Å². The number of rotatable bonds is 3. The Morgan fingerprint density at radius 3 is 2.75 bits per heavy atom. The van der Waals surface area contributed by atoms with Crippen LogP contribution >= 0.6 is 0 Å². The molecule has 6 heteroatoms. The number of carboxylic acids is 1. The van der Waals surface area contributed by atoms with Crippen LogP contribution in [0.4, 0.5) is 4.79 Å². The maximum absolute atomic E-state index is 11.4. The van der Waals surface area contributed by atoms with E-state index in [1.54, 1.807) is 0 Å². The smallest absolute Gasteiger partial charge is 0.325 e. The lowest BCUT2D eigenvalue weighted by Gasteiger charge is -2.28. The van der Waals surface area contributed by atoms with Gasteiger partial charge in [-0.05, 0) is 26.7 Å². The Bertz CT molecular complexity index is 270. The van der Waals surface area contributed by atoms with Crippen molar-refractivity contribution in [1.82, 2.24) is 10.6 Å². The highest BCUT2D eigenvalue weighted by Crippen LogP contribution is 2.12. The van der Waals surface area contributed by atoms with Gasteiger partial charge in [0.15, 0.2) is 0 Å². The van der Waals surface area contributed by atoms with Crippen LogP contribution in [-0.4, -0.2) is 41.9 Å². The summed E-state index contributed by atoms with van der Waals surface area (Å²) in [5, 5.41) is 13.7. The molecule has 92 valence electrons. The molecule has 2 unspecified atom stereocenters. The van der Waals surface area contributed by atoms with E-state index in [2.05, 4.69) is 10.6 Å². The molecule has 1 saturated heterocycles. The molecule has 0 saturated carbocycles. The highest BCUT2D eigenvalue weighted by atomic mass is 16.5. The van der Waals surface area contributed by atoms with Crippen molar-refractivity contribution < 1.29 is 19.4 Å². The van der Waals surface area contributed by atoms with Crippen molar-refractivity contribution in [2.75, 3.05) is 6.61 Å². The summed E-state index contributed by atoms with van der Waals surface area (Å²) in [6, 6.07) is -1.25. The van der Waals surface area contributed by atoms with Gasteiger partial charge in [-0.1, -0.05) is 0 Å². The number of ether oxygens (including phenoxy) is 1. The fourth-order valence-electron chi connectivity index (χ4n) is 1.61. The van der Waals surface area contributed by atoms with Crippen LogP contribution in [0.15, 0.2) is 0 Å². The molecule has 6 nitrogen and oxygen atoms in total. The monoisotopic (exact) mass is 230 g/mol. The Morgan fingerprint density at radius 2 is 2.19 bits per heavy atom. The molecule has 1 fully saturated rings. The molecule has 0 aromatic carbocycles. The molecule has 1 aliphatic heterocycles. The summed E-state index contributed by atoms with van der Waals surface area (Å²) >= 11 is 0. The maximum atomic E-state index is 11.4. The second kappa shape index (κ2) is 5.69. The molecule has 3 atom stereocenters. The van der Waals surface area contributed by atoms with Gasteiger partial charge in [-0.15, -0.1) is 0 Å². The number of hydrogen-bond acceptors (Lipinski definition) is 3. The Morgan fingerprint density at radius 1 is 1.50 bits per heavy atom. The third kappa shape index (κ3) is 4.06. The maximum Gasteiger partial charge on any atom is 0.325 e. The predicted octanol–water partition coefficient (Wildman–Crippen LogP) is 0.326. The van der Waals surface area contributed by atoms with E-state index in [-0.39, 0.29) is 12.1 Å². The Labute approximate surface area is 94.3 Å². The van der Waals surface area contributed by atoms with Gasteiger partial charge in [0, 0.05) is 12.6 Å². The average Bonchev–Trinajstić information content (AvgIpc) is 2.16. The minimum atomic E-state index is -1.05. The topological polar surface area (TPSA) is 87.7 Å². The molecule has 1 heterocycles. The van der Waals surface area contributed by atoms with E-state index in [0.29, 0.717) is 6.61 Å². The zero-order chi connectivity index (χ0) is 12.1. The third-order valence-electron chi connectivity index (χ3n) is 2.54. The van der Waals surface area contributed by atoms with Gasteiger partial charge in [0.1, 0.15) is 6.04 Å². The van der Waals surface area contributed by atoms with Gasteiger partial charge in [-0.25, -0.2) is 4.79 Å². The van der Waals surface area contributed by atoms with Gasteiger partial charge < -0.3 is 20.5 Å². The molecule has 0 spiro atoms. The first-order valence-corrected chi connectivity index (χ1v) is 5.40. The third-order valence-corrected chi connectivity index (χ3v) is 2.54. The SMILES string of the molecule is CC1CC(NC(=O)N[C@@H](C)C(=O)O)CCO1. The Hall–Kier alpha value is -1.30. The summed E-state index contributed by atoms with van der Waals surface area (Å²) in [6.07, 6.45) is 1.66. The van der Waals surface area contributed by atoms with Gasteiger partial charge in [0.05, 0.1) is 6.10 Å². The van der Waals surface area contributed by atoms with Crippen molar-refractivity contribution in [3.8, 4) is 0 Å². The number of carbonyl (C=O) groups excluding carboxylic acids is 1. The molecule has 0 aliphatic carbocycles. The zero-order valence-corrected chi connectivity index (χ0v) is 9.53. The predicted molar refractivity (Wildman–Crippen MR) is 57.2 cm³/mol. The van der Waals surface area contributed by atoms with Gasteiger partial charge >= 0.3 is 12.0 Å². The first-order valence-electron chi connectivity index (χ1n) is 5.40. The highest BCUT2D eigenvalue weighted by Gasteiger charge is 2.22. The Balaban J connectivity index is 2.30. The van der Waals surface area contributed by atoms with Crippen molar-refractivity contribution in [2.45, 2.75) is 44.9 Å². The number of aliphatic carboxylic acids is 1. The van der Waals surface area contributed by atoms with Crippen molar-refractivity contribution in [3.05, 3.63) is 0 Å². The number of carbonyl (C=O) groups is 2. The fraction of sp³-hybridized carbons (Fsp3) is 0.800. The average molecular weight is 230 g/mol. The van der Waals surface area contributed by atoms with E-state index in [0.717, 1.165) is 12.8 Å². The summed E-state index contributed by atoms with van der Waals surface area (Å²) in [6.45, 7) is 4.00. The van der Waals surface area contributed by atoms with E-state index in [1.165, 1.54) is 6.92 Å². The number of hydrogen-bond donors (Lipinski definition) is 3. The Kier molecular flexibility index (Phi) is 4.54.